The topological polar surface area (TPSA) is 12.9 Å². The number of rotatable bonds is 3. The van der Waals surface area contributed by atoms with Crippen LogP contribution in [-0.2, 0) is 6.42 Å². The third kappa shape index (κ3) is 2.76. The lowest BCUT2D eigenvalue weighted by atomic mass is 10.1. The van der Waals surface area contributed by atoms with Crippen LogP contribution in [0.1, 0.15) is 15.9 Å². The van der Waals surface area contributed by atoms with Crippen LogP contribution in [0.4, 0.5) is 13.2 Å². The van der Waals surface area contributed by atoms with Crippen molar-refractivity contribution in [3.63, 3.8) is 0 Å². The Morgan fingerprint density at radius 2 is 1.81 bits per heavy atom. The Morgan fingerprint density at radius 1 is 1.05 bits per heavy atom. The molecule has 1 heterocycles. The smallest absolute Gasteiger partial charge is 0.194 e. The lowest BCUT2D eigenvalue weighted by molar-refractivity contribution is 0.440. The van der Waals surface area contributed by atoms with Crippen LogP contribution >= 0.6 is 22.9 Å². The highest BCUT2D eigenvalue weighted by atomic mass is 35.5. The fraction of sp³-hybridized carbons (Fsp3) is 0.133. The maximum Gasteiger partial charge on any atom is 0.194 e. The summed E-state index contributed by atoms with van der Waals surface area (Å²) in [5.41, 5.74) is 0.780. The van der Waals surface area contributed by atoms with Crippen LogP contribution in [-0.4, -0.2) is 4.98 Å². The summed E-state index contributed by atoms with van der Waals surface area (Å²) in [6.07, 6.45) is 0.253. The van der Waals surface area contributed by atoms with Crippen molar-refractivity contribution in [1.29, 1.82) is 0 Å². The molecule has 0 saturated carbocycles. The van der Waals surface area contributed by atoms with E-state index >= 15 is 0 Å². The molecule has 108 valence electrons. The number of alkyl halides is 1. The Bertz CT molecular complexity index is 770. The molecule has 0 N–H and O–H groups in total. The lowest BCUT2D eigenvalue weighted by Gasteiger charge is -2.10. The van der Waals surface area contributed by atoms with Crippen molar-refractivity contribution in [3.05, 3.63) is 64.4 Å². The van der Waals surface area contributed by atoms with Gasteiger partial charge in [0.05, 0.1) is 20.6 Å². The summed E-state index contributed by atoms with van der Waals surface area (Å²) in [6.45, 7) is 0. The second-order valence-electron chi connectivity index (χ2n) is 4.51. The van der Waals surface area contributed by atoms with Gasteiger partial charge in [-0.25, -0.2) is 18.2 Å². The summed E-state index contributed by atoms with van der Waals surface area (Å²) >= 11 is 7.58. The van der Waals surface area contributed by atoms with Gasteiger partial charge in [0.25, 0.3) is 0 Å². The third-order valence-corrected chi connectivity index (χ3v) is 4.54. The van der Waals surface area contributed by atoms with Gasteiger partial charge in [0.1, 0.15) is 0 Å². The second-order valence-corrected chi connectivity index (χ2v) is 6.15. The minimum Gasteiger partial charge on any atom is -0.241 e. The number of nitrogens with zero attached hydrogens (tertiary/aromatic N) is 1. The summed E-state index contributed by atoms with van der Waals surface area (Å²) < 4.78 is 40.9. The minimum atomic E-state index is -1.50. The first-order valence-corrected chi connectivity index (χ1v) is 7.43. The number of aromatic nitrogens is 1. The maximum atomic E-state index is 13.7. The number of hydrogen-bond acceptors (Lipinski definition) is 2. The molecule has 1 aromatic heterocycles. The minimum absolute atomic E-state index is 0.0603. The van der Waals surface area contributed by atoms with Crippen molar-refractivity contribution in [1.82, 2.24) is 4.98 Å². The number of thiazole rings is 1. The van der Waals surface area contributed by atoms with Crippen molar-refractivity contribution < 1.29 is 13.2 Å². The van der Waals surface area contributed by atoms with Gasteiger partial charge < -0.3 is 0 Å². The van der Waals surface area contributed by atoms with Gasteiger partial charge in [0, 0.05) is 12.0 Å². The van der Waals surface area contributed by atoms with Crippen molar-refractivity contribution in [2.75, 3.05) is 0 Å². The summed E-state index contributed by atoms with van der Waals surface area (Å²) in [5, 5.41) is -0.0824. The molecular formula is C15H9ClF3NS. The average molecular weight is 328 g/mol. The summed E-state index contributed by atoms with van der Waals surface area (Å²) in [4.78, 5) is 4.39. The molecule has 6 heteroatoms. The monoisotopic (exact) mass is 327 g/mol. The van der Waals surface area contributed by atoms with E-state index in [4.69, 9.17) is 11.6 Å². The summed E-state index contributed by atoms with van der Waals surface area (Å²) in [5.74, 6) is -3.96. The molecule has 3 rings (SSSR count). The van der Waals surface area contributed by atoms with Crippen LogP contribution in [0.25, 0.3) is 10.2 Å². The molecule has 0 aliphatic heterocycles. The molecule has 0 aliphatic rings. The zero-order valence-corrected chi connectivity index (χ0v) is 12.2. The largest absolute Gasteiger partial charge is 0.241 e. The Morgan fingerprint density at radius 3 is 2.57 bits per heavy atom. The van der Waals surface area contributed by atoms with Crippen molar-refractivity contribution in [3.8, 4) is 0 Å². The molecule has 0 radical (unpaired) electrons. The van der Waals surface area contributed by atoms with Crippen LogP contribution in [0.5, 0.6) is 0 Å². The Labute approximate surface area is 128 Å². The van der Waals surface area contributed by atoms with E-state index < -0.39 is 22.8 Å². The van der Waals surface area contributed by atoms with Gasteiger partial charge >= 0.3 is 0 Å². The number of benzene rings is 2. The average Bonchev–Trinajstić information content (AvgIpc) is 2.86. The molecule has 0 bridgehead atoms. The van der Waals surface area contributed by atoms with E-state index in [0.717, 1.165) is 21.3 Å². The van der Waals surface area contributed by atoms with Gasteiger partial charge in [-0.05, 0) is 18.2 Å². The van der Waals surface area contributed by atoms with Gasteiger partial charge in [-0.1, -0.05) is 18.2 Å². The van der Waals surface area contributed by atoms with Gasteiger partial charge in [-0.3, -0.25) is 0 Å². The van der Waals surface area contributed by atoms with E-state index in [9.17, 15) is 13.2 Å². The number of hydrogen-bond donors (Lipinski definition) is 0. The van der Waals surface area contributed by atoms with Gasteiger partial charge in [-0.2, -0.15) is 0 Å². The molecule has 0 saturated heterocycles. The first-order valence-electron chi connectivity index (χ1n) is 6.18. The number of halogens is 4. The van der Waals surface area contributed by atoms with Crippen LogP contribution in [0, 0.1) is 17.5 Å². The molecule has 2 aromatic carbocycles. The summed E-state index contributed by atoms with van der Waals surface area (Å²) in [7, 11) is 0. The fourth-order valence-electron chi connectivity index (χ4n) is 2.05. The Balaban J connectivity index is 1.89. The number of para-hydroxylation sites is 1. The van der Waals surface area contributed by atoms with E-state index in [1.165, 1.54) is 17.4 Å². The Kier molecular flexibility index (Phi) is 3.87. The molecule has 0 aliphatic carbocycles. The van der Waals surface area contributed by atoms with E-state index in [1.807, 2.05) is 24.3 Å². The quantitative estimate of drug-likeness (QED) is 0.474. The maximum absolute atomic E-state index is 13.7. The Hall–Kier alpha value is -1.59. The van der Waals surface area contributed by atoms with Gasteiger partial charge in [0.2, 0.25) is 0 Å². The number of fused-ring (bicyclic) bond motifs is 1. The van der Waals surface area contributed by atoms with E-state index in [0.29, 0.717) is 0 Å². The van der Waals surface area contributed by atoms with Crippen molar-refractivity contribution >= 4 is 33.2 Å². The highest BCUT2D eigenvalue weighted by molar-refractivity contribution is 7.18. The molecule has 1 nitrogen and oxygen atoms in total. The summed E-state index contributed by atoms with van der Waals surface area (Å²) in [6, 6.07) is 9.62. The lowest BCUT2D eigenvalue weighted by Crippen LogP contribution is -2.02. The molecule has 1 unspecified atom stereocenters. The van der Waals surface area contributed by atoms with E-state index in [-0.39, 0.29) is 12.0 Å². The fourth-order valence-corrected chi connectivity index (χ4v) is 3.47. The third-order valence-electron chi connectivity index (χ3n) is 3.09. The van der Waals surface area contributed by atoms with Gasteiger partial charge in [-0.15, -0.1) is 22.9 Å². The zero-order chi connectivity index (χ0) is 15.0. The standard InChI is InChI=1S/C15H9ClF3NS/c16-9(8-5-6-10(17)15(19)14(8)18)7-13-20-11-3-1-2-4-12(11)21-13/h1-6,9H,7H2. The van der Waals surface area contributed by atoms with Crippen molar-refractivity contribution in [2.24, 2.45) is 0 Å². The first-order chi connectivity index (χ1) is 10.1. The molecule has 0 fully saturated rings. The molecule has 0 amide bonds. The highest BCUT2D eigenvalue weighted by Crippen LogP contribution is 2.32. The van der Waals surface area contributed by atoms with Gasteiger partial charge in [0.15, 0.2) is 17.5 Å². The molecule has 21 heavy (non-hydrogen) atoms. The highest BCUT2D eigenvalue weighted by Gasteiger charge is 2.20. The van der Waals surface area contributed by atoms with E-state index in [1.54, 1.807) is 0 Å². The van der Waals surface area contributed by atoms with Crippen LogP contribution < -0.4 is 0 Å². The molecule has 3 aromatic rings. The molecule has 0 spiro atoms. The predicted octanol–water partition coefficient (Wildman–Crippen LogP) is 5.24. The molecule has 1 atom stereocenters. The second kappa shape index (κ2) is 5.66. The van der Waals surface area contributed by atoms with Crippen molar-refractivity contribution in [2.45, 2.75) is 11.8 Å². The normalized spacial score (nSPS) is 12.8. The zero-order valence-electron chi connectivity index (χ0n) is 10.6. The molecular weight excluding hydrogens is 319 g/mol. The predicted molar refractivity (Wildman–Crippen MR) is 78.2 cm³/mol. The first kappa shape index (κ1) is 14.4. The van der Waals surface area contributed by atoms with Crippen LogP contribution in [0.2, 0.25) is 0 Å². The van der Waals surface area contributed by atoms with Crippen LogP contribution in [0.15, 0.2) is 36.4 Å². The SMILES string of the molecule is Fc1ccc(C(Cl)Cc2nc3ccccc3s2)c(F)c1F. The van der Waals surface area contributed by atoms with Crippen LogP contribution in [0.3, 0.4) is 0 Å². The van der Waals surface area contributed by atoms with E-state index in [2.05, 4.69) is 4.98 Å².